The number of benzene rings is 2. The first-order valence-corrected chi connectivity index (χ1v) is 13.0. The monoisotopic (exact) mass is 576 g/mol. The molecule has 6 nitrogen and oxygen atoms in total. The zero-order chi connectivity index (χ0) is 26.7. The number of hydrogen-bond donors (Lipinski definition) is 3. The Kier molecular flexibility index (Phi) is 8.49. The molecule has 10 heteroatoms. The van der Waals surface area contributed by atoms with E-state index in [0.717, 1.165) is 12.5 Å². The van der Waals surface area contributed by atoms with Crippen molar-refractivity contribution in [1.82, 2.24) is 15.3 Å². The molecule has 196 valence electrons. The zero-order valence-electron chi connectivity index (χ0n) is 20.2. The van der Waals surface area contributed by atoms with Crippen LogP contribution in [0.25, 0.3) is 11.3 Å². The molecule has 0 saturated heterocycles. The number of anilines is 1. The van der Waals surface area contributed by atoms with Gasteiger partial charge in [0.25, 0.3) is 5.91 Å². The van der Waals surface area contributed by atoms with Gasteiger partial charge in [-0.1, -0.05) is 35.3 Å². The van der Waals surface area contributed by atoms with Crippen LogP contribution in [0.3, 0.4) is 0 Å². The molecule has 0 spiro atoms. The first-order chi connectivity index (χ1) is 17.7. The quantitative estimate of drug-likeness (QED) is 0.320. The van der Waals surface area contributed by atoms with Gasteiger partial charge in [0.15, 0.2) is 0 Å². The van der Waals surface area contributed by atoms with Crippen LogP contribution in [0.5, 0.6) is 0 Å². The molecule has 4 rings (SSSR count). The lowest BCUT2D eigenvalue weighted by molar-refractivity contribution is 0.0363. The van der Waals surface area contributed by atoms with Crippen molar-refractivity contribution in [2.75, 3.05) is 5.73 Å². The van der Waals surface area contributed by atoms with Crippen LogP contribution in [0.1, 0.15) is 72.6 Å². The van der Waals surface area contributed by atoms with E-state index in [0.29, 0.717) is 40.6 Å². The number of nitrogens with zero attached hydrogens (tertiary/aromatic N) is 2. The number of aliphatic hydroxyl groups excluding tert-OH is 1. The lowest BCUT2D eigenvalue weighted by Gasteiger charge is -2.28. The average molecular weight is 577 g/mol. The molecule has 2 aromatic carbocycles. The predicted molar refractivity (Wildman–Crippen MR) is 139 cm³/mol. The number of amides is 1. The molecular weight excluding hydrogens is 549 g/mol. The van der Waals surface area contributed by atoms with Gasteiger partial charge in [0.05, 0.1) is 29.6 Å². The molecule has 0 bridgehead atoms. The minimum Gasteiger partial charge on any atom is -0.390 e. The molecule has 1 heterocycles. The normalized spacial score (nSPS) is 20.4. The van der Waals surface area contributed by atoms with Gasteiger partial charge >= 0.3 is 0 Å². The van der Waals surface area contributed by atoms with Gasteiger partial charge in [-0.2, -0.15) is 0 Å². The Bertz CT molecular complexity index is 1270. The Labute approximate surface area is 221 Å². The lowest BCUT2D eigenvalue weighted by atomic mass is 9.84. The van der Waals surface area contributed by atoms with E-state index in [9.17, 15) is 18.7 Å². The third-order valence-electron chi connectivity index (χ3n) is 6.63. The van der Waals surface area contributed by atoms with Crippen LogP contribution in [0, 0.1) is 11.6 Å². The second kappa shape index (κ2) is 11.6. The minimum atomic E-state index is -1.35. The van der Waals surface area contributed by atoms with Gasteiger partial charge in [-0.15, -0.1) is 0 Å². The van der Waals surface area contributed by atoms with Crippen molar-refractivity contribution in [2.45, 2.75) is 63.3 Å². The van der Waals surface area contributed by atoms with Crippen molar-refractivity contribution in [3.63, 3.8) is 0 Å². The van der Waals surface area contributed by atoms with E-state index in [-0.39, 0.29) is 29.4 Å². The Morgan fingerprint density at radius 2 is 2.03 bits per heavy atom. The molecule has 0 aliphatic heterocycles. The fourth-order valence-corrected chi connectivity index (χ4v) is 5.14. The summed E-state index contributed by atoms with van der Waals surface area (Å²) in [7, 11) is 0. The first-order valence-electron chi connectivity index (χ1n) is 12.2. The fraction of sp³-hybridized carbons (Fsp3) is 0.370. The van der Waals surface area contributed by atoms with E-state index >= 15 is 4.39 Å². The Balaban J connectivity index is 1.56. The maximum atomic E-state index is 15.1. The third-order valence-corrected chi connectivity index (χ3v) is 7.09. The summed E-state index contributed by atoms with van der Waals surface area (Å²) in [5.41, 5.74) is 7.49. The SMILES string of the molecule is CCC[C@@H](NC(=O)c1ccc(-c2nc([C@H]3CC[C@H](O)[C@@H](F)C3)cnc2N)cc1F)c1cc(F)cc(Br)c1. The predicted octanol–water partition coefficient (Wildman–Crippen LogP) is 6.00. The van der Waals surface area contributed by atoms with Crippen LogP contribution in [-0.2, 0) is 0 Å². The summed E-state index contributed by atoms with van der Waals surface area (Å²) in [6.07, 6.45) is 1.39. The first kappa shape index (κ1) is 27.1. The Morgan fingerprint density at radius 3 is 2.70 bits per heavy atom. The topological polar surface area (TPSA) is 101 Å². The molecule has 3 aromatic rings. The number of rotatable bonds is 7. The van der Waals surface area contributed by atoms with Crippen LogP contribution < -0.4 is 11.1 Å². The summed E-state index contributed by atoms with van der Waals surface area (Å²) in [6, 6.07) is 7.91. The molecular formula is C27H28BrF3N4O2. The van der Waals surface area contributed by atoms with Crippen LogP contribution in [0.4, 0.5) is 19.0 Å². The van der Waals surface area contributed by atoms with Gasteiger partial charge < -0.3 is 16.2 Å². The maximum Gasteiger partial charge on any atom is 0.254 e. The second-order valence-corrected chi connectivity index (χ2v) is 10.2. The number of hydrogen-bond acceptors (Lipinski definition) is 5. The molecule has 1 amide bonds. The van der Waals surface area contributed by atoms with E-state index in [1.54, 1.807) is 6.07 Å². The molecule has 1 aliphatic rings. The van der Waals surface area contributed by atoms with Crippen molar-refractivity contribution in [3.05, 3.63) is 75.5 Å². The molecule has 4 N–H and O–H groups in total. The number of carbonyl (C=O) groups is 1. The Hall–Kier alpha value is -2.98. The number of nitrogen functional groups attached to an aromatic ring is 1. The summed E-state index contributed by atoms with van der Waals surface area (Å²) in [5.74, 6) is -2.01. The highest BCUT2D eigenvalue weighted by molar-refractivity contribution is 9.10. The van der Waals surface area contributed by atoms with E-state index < -0.39 is 35.9 Å². The van der Waals surface area contributed by atoms with Crippen molar-refractivity contribution in [3.8, 4) is 11.3 Å². The smallest absolute Gasteiger partial charge is 0.254 e. The van der Waals surface area contributed by atoms with E-state index in [1.807, 2.05) is 6.92 Å². The summed E-state index contributed by atoms with van der Waals surface area (Å²) < 4.78 is 43.6. The van der Waals surface area contributed by atoms with Crippen LogP contribution in [-0.4, -0.2) is 33.3 Å². The zero-order valence-corrected chi connectivity index (χ0v) is 21.8. The van der Waals surface area contributed by atoms with Gasteiger partial charge in [-0.05, 0) is 61.6 Å². The average Bonchev–Trinajstić information content (AvgIpc) is 2.85. The highest BCUT2D eigenvalue weighted by Gasteiger charge is 2.31. The van der Waals surface area contributed by atoms with Gasteiger partial charge in [-0.3, -0.25) is 4.79 Å². The summed E-state index contributed by atoms with van der Waals surface area (Å²) in [4.78, 5) is 21.7. The molecule has 4 atom stereocenters. The van der Waals surface area contributed by atoms with Crippen molar-refractivity contribution >= 4 is 27.7 Å². The molecule has 0 radical (unpaired) electrons. The van der Waals surface area contributed by atoms with Crippen LogP contribution in [0.2, 0.25) is 0 Å². The van der Waals surface area contributed by atoms with E-state index in [1.165, 1.54) is 30.5 Å². The summed E-state index contributed by atoms with van der Waals surface area (Å²) in [5, 5.41) is 12.5. The molecule has 0 unspecified atom stereocenters. The maximum absolute atomic E-state index is 15.1. The number of carbonyl (C=O) groups excluding carboxylic acids is 1. The van der Waals surface area contributed by atoms with Gasteiger partial charge in [0.1, 0.15) is 29.3 Å². The fourth-order valence-electron chi connectivity index (χ4n) is 4.66. The van der Waals surface area contributed by atoms with Gasteiger partial charge in [0, 0.05) is 16.0 Å². The highest BCUT2D eigenvalue weighted by atomic mass is 79.9. The van der Waals surface area contributed by atoms with Crippen molar-refractivity contribution in [1.29, 1.82) is 0 Å². The number of nitrogens with one attached hydrogen (secondary N) is 1. The molecule has 1 fully saturated rings. The second-order valence-electron chi connectivity index (χ2n) is 9.33. The van der Waals surface area contributed by atoms with Crippen LogP contribution in [0.15, 0.2) is 47.1 Å². The summed E-state index contributed by atoms with van der Waals surface area (Å²) in [6.45, 7) is 1.94. The molecule has 1 saturated carbocycles. The van der Waals surface area contributed by atoms with Crippen molar-refractivity contribution in [2.24, 2.45) is 0 Å². The largest absolute Gasteiger partial charge is 0.390 e. The molecule has 37 heavy (non-hydrogen) atoms. The number of aromatic nitrogens is 2. The number of halogens is 4. The number of alkyl halides is 1. The van der Waals surface area contributed by atoms with Gasteiger partial charge in [-0.25, -0.2) is 23.1 Å². The minimum absolute atomic E-state index is 0.0766. The Morgan fingerprint density at radius 1 is 1.24 bits per heavy atom. The standard InChI is InChI=1S/C27H28BrF3N4O2/c1-2-3-22(16-8-17(28)12-18(29)9-16)35-27(37)19-6-4-15(11-20(19)30)25-26(32)33-13-23(34-25)14-5-7-24(36)21(31)10-14/h4,6,8-9,11-14,21-22,24,36H,2-3,5,7,10H2,1H3,(H2,32,33)(H,35,37)/t14-,21-,22+,24-/m0/s1. The summed E-state index contributed by atoms with van der Waals surface area (Å²) >= 11 is 3.26. The molecule has 1 aliphatic carbocycles. The molecule has 1 aromatic heterocycles. The number of nitrogens with two attached hydrogens (primary N) is 1. The van der Waals surface area contributed by atoms with E-state index in [2.05, 4.69) is 31.2 Å². The van der Waals surface area contributed by atoms with E-state index in [4.69, 9.17) is 5.73 Å². The van der Waals surface area contributed by atoms with Gasteiger partial charge in [0.2, 0.25) is 0 Å². The van der Waals surface area contributed by atoms with Crippen LogP contribution >= 0.6 is 15.9 Å². The highest BCUT2D eigenvalue weighted by Crippen LogP contribution is 2.35. The lowest BCUT2D eigenvalue weighted by Crippen LogP contribution is -2.30. The van der Waals surface area contributed by atoms with Crippen molar-refractivity contribution < 1.29 is 23.1 Å². The number of aliphatic hydroxyl groups is 1. The third kappa shape index (κ3) is 6.30.